The number of aliphatic imine (C=N–C) groups is 1. The largest absolute Gasteiger partial charge is 0.426 e. The summed E-state index contributed by atoms with van der Waals surface area (Å²) in [6, 6.07) is 10.2. The molecule has 4 rings (SSSR count). The van der Waals surface area contributed by atoms with E-state index in [1.807, 2.05) is 44.2 Å². The number of nitrogens with one attached hydrogen (secondary N) is 1. The van der Waals surface area contributed by atoms with Gasteiger partial charge in [-0.25, -0.2) is 13.8 Å². The van der Waals surface area contributed by atoms with Gasteiger partial charge in [0.15, 0.2) is 0 Å². The standard InChI is InChI=1S/C26H28F2N4O3/c1-3-4-22(16-7-5-15(2)6-8-16)35-26(29)30-17-13-32(14-17)18-11-20(27)24(21(28)12-18)19-9-10-23(33)31-25(19)34/h4-8,11-12,17,19H,3,9-10,13-14H2,1-2H3,(H2,29,30)(H,31,33,34)/b22-4+. The van der Waals surface area contributed by atoms with E-state index in [9.17, 15) is 18.4 Å². The van der Waals surface area contributed by atoms with Crippen molar-refractivity contribution in [2.45, 2.75) is 45.1 Å². The van der Waals surface area contributed by atoms with E-state index in [0.29, 0.717) is 24.5 Å². The molecule has 3 N–H and O–H groups in total. The van der Waals surface area contributed by atoms with Gasteiger partial charge in [0.2, 0.25) is 11.8 Å². The van der Waals surface area contributed by atoms with Crippen molar-refractivity contribution in [3.05, 3.63) is 70.8 Å². The van der Waals surface area contributed by atoms with Crippen LogP contribution in [0.2, 0.25) is 0 Å². The van der Waals surface area contributed by atoms with Crippen molar-refractivity contribution in [1.82, 2.24) is 5.32 Å². The van der Waals surface area contributed by atoms with Gasteiger partial charge in [0, 0.05) is 36.3 Å². The molecule has 184 valence electrons. The number of imide groups is 1. The fourth-order valence-corrected chi connectivity index (χ4v) is 4.24. The SMILES string of the molecule is CC/C=C(/OC(N)=NC1CN(c2cc(F)c(C3CCC(=O)NC3=O)c(F)c2)C1)c1ccc(C)cc1. The number of carbonyl (C=O) groups is 2. The second kappa shape index (κ2) is 10.2. The minimum atomic E-state index is -1.02. The first-order chi connectivity index (χ1) is 16.7. The summed E-state index contributed by atoms with van der Waals surface area (Å²) < 4.78 is 35.4. The fourth-order valence-electron chi connectivity index (χ4n) is 4.24. The van der Waals surface area contributed by atoms with Crippen LogP contribution in [0.1, 0.15) is 48.8 Å². The number of amidine groups is 1. The lowest BCUT2D eigenvalue weighted by atomic mass is 9.89. The number of nitrogens with zero attached hydrogens (tertiary/aromatic N) is 2. The van der Waals surface area contributed by atoms with Gasteiger partial charge in [0.25, 0.3) is 6.02 Å². The highest BCUT2D eigenvalue weighted by Crippen LogP contribution is 2.33. The monoisotopic (exact) mass is 482 g/mol. The van der Waals surface area contributed by atoms with Crippen LogP contribution in [0.4, 0.5) is 14.5 Å². The van der Waals surface area contributed by atoms with Crippen LogP contribution in [0.3, 0.4) is 0 Å². The topological polar surface area (TPSA) is 97.0 Å². The summed E-state index contributed by atoms with van der Waals surface area (Å²) >= 11 is 0. The first-order valence-corrected chi connectivity index (χ1v) is 11.6. The van der Waals surface area contributed by atoms with Crippen molar-refractivity contribution in [1.29, 1.82) is 0 Å². The zero-order valence-corrected chi connectivity index (χ0v) is 19.7. The zero-order valence-electron chi connectivity index (χ0n) is 19.7. The third-order valence-corrected chi connectivity index (χ3v) is 6.13. The molecule has 2 heterocycles. The maximum absolute atomic E-state index is 14.8. The number of anilines is 1. The molecule has 2 aliphatic rings. The van der Waals surface area contributed by atoms with Crippen LogP contribution >= 0.6 is 0 Å². The Morgan fingerprint density at radius 3 is 2.46 bits per heavy atom. The number of rotatable bonds is 6. The van der Waals surface area contributed by atoms with E-state index >= 15 is 0 Å². The molecule has 9 heteroatoms. The van der Waals surface area contributed by atoms with E-state index in [4.69, 9.17) is 10.5 Å². The molecule has 35 heavy (non-hydrogen) atoms. The molecule has 0 radical (unpaired) electrons. The number of piperidine rings is 1. The van der Waals surface area contributed by atoms with Gasteiger partial charge in [-0.3, -0.25) is 14.9 Å². The van der Waals surface area contributed by atoms with Crippen molar-refractivity contribution >= 4 is 29.3 Å². The Hall–Kier alpha value is -3.75. The van der Waals surface area contributed by atoms with Gasteiger partial charge < -0.3 is 15.4 Å². The summed E-state index contributed by atoms with van der Waals surface area (Å²) in [6.45, 7) is 4.83. The minimum absolute atomic E-state index is 0.0282. The molecule has 2 saturated heterocycles. The number of carbonyl (C=O) groups excluding carboxylic acids is 2. The molecular formula is C26H28F2N4O3. The lowest BCUT2D eigenvalue weighted by Gasteiger charge is -2.39. The van der Waals surface area contributed by atoms with E-state index in [1.54, 1.807) is 4.90 Å². The number of halogens is 2. The Morgan fingerprint density at radius 2 is 1.86 bits per heavy atom. The van der Waals surface area contributed by atoms with Crippen molar-refractivity contribution in [3.63, 3.8) is 0 Å². The Bertz CT molecular complexity index is 1160. The van der Waals surface area contributed by atoms with Crippen LogP contribution in [-0.2, 0) is 14.3 Å². The molecule has 7 nitrogen and oxygen atoms in total. The van der Waals surface area contributed by atoms with Crippen LogP contribution < -0.4 is 16.0 Å². The second-order valence-corrected chi connectivity index (χ2v) is 8.80. The number of benzene rings is 2. The van der Waals surface area contributed by atoms with Crippen LogP contribution in [0.25, 0.3) is 5.76 Å². The lowest BCUT2D eigenvalue weighted by molar-refractivity contribution is -0.134. The maximum atomic E-state index is 14.8. The average Bonchev–Trinajstić information content (AvgIpc) is 2.77. The highest BCUT2D eigenvalue weighted by atomic mass is 19.1. The molecule has 1 atom stereocenters. The summed E-state index contributed by atoms with van der Waals surface area (Å²) in [5.74, 6) is -3.13. The third-order valence-electron chi connectivity index (χ3n) is 6.13. The summed E-state index contributed by atoms with van der Waals surface area (Å²) in [5, 5.41) is 2.14. The van der Waals surface area contributed by atoms with E-state index < -0.39 is 29.4 Å². The van der Waals surface area contributed by atoms with Gasteiger partial charge in [-0.2, -0.15) is 0 Å². The minimum Gasteiger partial charge on any atom is -0.426 e. The summed E-state index contributed by atoms with van der Waals surface area (Å²) in [4.78, 5) is 29.5. The molecule has 0 saturated carbocycles. The molecular weight excluding hydrogens is 454 g/mol. The molecule has 0 bridgehead atoms. The number of hydrogen-bond acceptors (Lipinski definition) is 5. The summed E-state index contributed by atoms with van der Waals surface area (Å²) in [6.07, 6.45) is 2.81. The van der Waals surface area contributed by atoms with Gasteiger partial charge in [-0.1, -0.05) is 36.8 Å². The first kappa shape index (κ1) is 24.4. The van der Waals surface area contributed by atoms with Crippen molar-refractivity contribution in [2.24, 2.45) is 10.7 Å². The molecule has 0 aromatic heterocycles. The van der Waals surface area contributed by atoms with Crippen molar-refractivity contribution in [2.75, 3.05) is 18.0 Å². The maximum Gasteiger partial charge on any atom is 0.287 e. The van der Waals surface area contributed by atoms with Gasteiger partial charge in [0.05, 0.1) is 12.0 Å². The predicted molar refractivity (Wildman–Crippen MR) is 130 cm³/mol. The summed E-state index contributed by atoms with van der Waals surface area (Å²) in [7, 11) is 0. The second-order valence-electron chi connectivity index (χ2n) is 8.80. The number of hydrogen-bond donors (Lipinski definition) is 2. The number of amides is 2. The first-order valence-electron chi connectivity index (χ1n) is 11.6. The summed E-state index contributed by atoms with van der Waals surface area (Å²) in [5.41, 5.74) is 8.11. The Labute approximate surface area is 202 Å². The van der Waals surface area contributed by atoms with Gasteiger partial charge in [0.1, 0.15) is 17.4 Å². The molecule has 0 aliphatic carbocycles. The number of aryl methyl sites for hydroxylation is 1. The number of ether oxygens (including phenoxy) is 1. The number of allylic oxidation sites excluding steroid dienone is 1. The number of nitrogens with two attached hydrogens (primary N) is 1. The van der Waals surface area contributed by atoms with Gasteiger partial charge in [-0.05, 0) is 38.0 Å². The van der Waals surface area contributed by atoms with Crippen LogP contribution in [0.15, 0.2) is 47.5 Å². The van der Waals surface area contributed by atoms with E-state index in [2.05, 4.69) is 10.3 Å². The van der Waals surface area contributed by atoms with Gasteiger partial charge in [-0.15, -0.1) is 0 Å². The molecule has 2 aliphatic heterocycles. The molecule has 0 spiro atoms. The lowest BCUT2D eigenvalue weighted by Crippen LogP contribution is -2.51. The van der Waals surface area contributed by atoms with E-state index in [0.717, 1.165) is 17.5 Å². The molecule has 2 aromatic carbocycles. The Kier molecular flexibility index (Phi) is 7.14. The normalized spacial score (nSPS) is 19.4. The Balaban J connectivity index is 1.40. The average molecular weight is 483 g/mol. The zero-order chi connectivity index (χ0) is 25.1. The van der Waals surface area contributed by atoms with Crippen molar-refractivity contribution < 1.29 is 23.1 Å². The van der Waals surface area contributed by atoms with Crippen LogP contribution in [-0.4, -0.2) is 37.0 Å². The molecule has 1 unspecified atom stereocenters. The Morgan fingerprint density at radius 1 is 1.20 bits per heavy atom. The third kappa shape index (κ3) is 5.50. The fraction of sp³-hybridized carbons (Fsp3) is 0.346. The quantitative estimate of drug-likeness (QED) is 0.283. The highest BCUT2D eigenvalue weighted by molar-refractivity contribution is 6.01. The smallest absolute Gasteiger partial charge is 0.287 e. The van der Waals surface area contributed by atoms with Gasteiger partial charge >= 0.3 is 0 Å². The van der Waals surface area contributed by atoms with Crippen LogP contribution in [0, 0.1) is 18.6 Å². The predicted octanol–water partition coefficient (Wildman–Crippen LogP) is 3.76. The highest BCUT2D eigenvalue weighted by Gasteiger charge is 2.34. The molecule has 2 fully saturated rings. The molecule has 2 aromatic rings. The van der Waals surface area contributed by atoms with Crippen LogP contribution in [0.5, 0.6) is 0 Å². The van der Waals surface area contributed by atoms with E-state index in [1.165, 1.54) is 12.1 Å². The van der Waals surface area contributed by atoms with Crippen molar-refractivity contribution in [3.8, 4) is 0 Å². The van der Waals surface area contributed by atoms with E-state index in [-0.39, 0.29) is 30.5 Å². The molecule has 2 amide bonds.